The topological polar surface area (TPSA) is 116 Å². The normalized spacial score (nSPS) is 11.5. The molecule has 7 nitrogen and oxygen atoms in total. The van der Waals surface area contributed by atoms with Gasteiger partial charge in [0.25, 0.3) is 0 Å². The highest BCUT2D eigenvalue weighted by Gasteiger charge is 2.23. The monoisotopic (exact) mass is 304 g/mol. The van der Waals surface area contributed by atoms with E-state index in [9.17, 15) is 18.8 Å². The molecule has 0 aliphatic carbocycles. The van der Waals surface area contributed by atoms with Gasteiger partial charge in [0.15, 0.2) is 0 Å². The van der Waals surface area contributed by atoms with Crippen molar-refractivity contribution in [1.29, 1.82) is 0 Å². The lowest BCUT2D eigenvalue weighted by atomic mass is 10.2. The third-order valence-electron chi connectivity index (χ3n) is 2.10. The van der Waals surface area contributed by atoms with E-state index in [4.69, 9.17) is 21.8 Å². The van der Waals surface area contributed by atoms with Gasteiger partial charge in [0, 0.05) is 10.7 Å². The number of benzene rings is 1. The van der Waals surface area contributed by atoms with Gasteiger partial charge in [0.1, 0.15) is 11.9 Å². The van der Waals surface area contributed by atoms with Crippen molar-refractivity contribution in [3.8, 4) is 0 Å². The molecule has 0 spiro atoms. The smallest absolute Gasteiger partial charge is 0.326 e. The van der Waals surface area contributed by atoms with Crippen LogP contribution in [-0.4, -0.2) is 34.2 Å². The molecule has 0 radical (unpaired) electrons. The van der Waals surface area contributed by atoms with E-state index in [0.717, 1.165) is 12.1 Å². The molecule has 0 unspecified atom stereocenters. The number of hydrogen-bond donors (Lipinski definition) is 4. The van der Waals surface area contributed by atoms with E-state index >= 15 is 0 Å². The van der Waals surface area contributed by atoms with Crippen molar-refractivity contribution in [2.45, 2.75) is 12.5 Å². The largest absolute Gasteiger partial charge is 0.481 e. The first kappa shape index (κ1) is 15.7. The van der Waals surface area contributed by atoms with Crippen molar-refractivity contribution in [2.75, 3.05) is 5.32 Å². The van der Waals surface area contributed by atoms with Crippen LogP contribution >= 0.6 is 11.6 Å². The molecule has 0 heterocycles. The first-order valence-electron chi connectivity index (χ1n) is 5.26. The molecule has 4 N–H and O–H groups in total. The fraction of sp³-hybridized carbons (Fsp3) is 0.182. The van der Waals surface area contributed by atoms with Crippen molar-refractivity contribution in [3.63, 3.8) is 0 Å². The number of rotatable bonds is 5. The molecular weight excluding hydrogens is 295 g/mol. The summed E-state index contributed by atoms with van der Waals surface area (Å²) in [5.74, 6) is -3.57. The van der Waals surface area contributed by atoms with Gasteiger partial charge in [0.05, 0.1) is 6.42 Å². The Kier molecular flexibility index (Phi) is 5.27. The van der Waals surface area contributed by atoms with E-state index < -0.39 is 36.2 Å². The average Bonchev–Trinajstić information content (AvgIpc) is 2.25. The van der Waals surface area contributed by atoms with Gasteiger partial charge in [0.2, 0.25) is 0 Å². The number of carboxylic acids is 2. The fourth-order valence-electron chi connectivity index (χ4n) is 1.33. The van der Waals surface area contributed by atoms with Gasteiger partial charge in [-0.2, -0.15) is 0 Å². The lowest BCUT2D eigenvalue weighted by Crippen LogP contribution is -2.44. The molecule has 20 heavy (non-hydrogen) atoms. The van der Waals surface area contributed by atoms with E-state index in [1.54, 1.807) is 0 Å². The summed E-state index contributed by atoms with van der Waals surface area (Å²) in [6.45, 7) is 0. The first-order chi connectivity index (χ1) is 9.27. The third-order valence-corrected chi connectivity index (χ3v) is 2.32. The third kappa shape index (κ3) is 5.11. The summed E-state index contributed by atoms with van der Waals surface area (Å²) < 4.78 is 13.0. The minimum atomic E-state index is -1.60. The second kappa shape index (κ2) is 6.71. The van der Waals surface area contributed by atoms with Crippen molar-refractivity contribution in [3.05, 3.63) is 29.0 Å². The number of carboxylic acid groups (broad SMARTS) is 2. The fourth-order valence-corrected chi connectivity index (χ4v) is 1.55. The standard InChI is InChI=1S/C11H10ClFN2O5/c12-5-1-6(13)3-7(2-5)14-11(20)15-8(10(18)19)4-9(16)17/h1-3,8H,4H2,(H,16,17)(H,18,19)(H2,14,15,20)/t8-/m1/s1. The Hall–Kier alpha value is -2.35. The van der Waals surface area contributed by atoms with Crippen molar-refractivity contribution >= 4 is 35.3 Å². The van der Waals surface area contributed by atoms with Crippen LogP contribution in [0.3, 0.4) is 0 Å². The second-order valence-electron chi connectivity index (χ2n) is 3.75. The number of urea groups is 1. The van der Waals surface area contributed by atoms with E-state index in [0.29, 0.717) is 0 Å². The van der Waals surface area contributed by atoms with Crippen molar-refractivity contribution < 1.29 is 29.0 Å². The molecular formula is C11H10ClFN2O5. The Morgan fingerprint density at radius 1 is 1.25 bits per heavy atom. The van der Waals surface area contributed by atoms with Gasteiger partial charge < -0.3 is 20.8 Å². The summed E-state index contributed by atoms with van der Waals surface area (Å²) in [6.07, 6.45) is -0.785. The maximum Gasteiger partial charge on any atom is 0.326 e. The number of carbonyl (C=O) groups is 3. The zero-order valence-corrected chi connectivity index (χ0v) is 10.6. The molecule has 2 amide bonds. The minimum absolute atomic E-state index is 0.00645. The number of carbonyl (C=O) groups excluding carboxylic acids is 1. The number of anilines is 1. The first-order valence-corrected chi connectivity index (χ1v) is 5.64. The molecule has 0 aliphatic heterocycles. The van der Waals surface area contributed by atoms with Gasteiger partial charge >= 0.3 is 18.0 Å². The molecule has 108 valence electrons. The summed E-state index contributed by atoms with van der Waals surface area (Å²) in [4.78, 5) is 32.7. The minimum Gasteiger partial charge on any atom is -0.481 e. The molecule has 1 rings (SSSR count). The van der Waals surface area contributed by atoms with Gasteiger partial charge in [-0.15, -0.1) is 0 Å². The Morgan fingerprint density at radius 2 is 1.90 bits per heavy atom. The number of amides is 2. The van der Waals surface area contributed by atoms with Gasteiger partial charge in [-0.25, -0.2) is 14.0 Å². The highest BCUT2D eigenvalue weighted by atomic mass is 35.5. The van der Waals surface area contributed by atoms with Crippen molar-refractivity contribution in [1.82, 2.24) is 5.32 Å². The maximum atomic E-state index is 13.0. The van der Waals surface area contributed by atoms with Crippen LogP contribution in [0.1, 0.15) is 6.42 Å². The molecule has 0 bridgehead atoms. The van der Waals surface area contributed by atoms with Crippen LogP contribution in [0.5, 0.6) is 0 Å². The summed E-state index contributed by atoms with van der Waals surface area (Å²) in [5, 5.41) is 21.4. The van der Waals surface area contributed by atoms with Crippen LogP contribution in [0.2, 0.25) is 5.02 Å². The molecule has 1 aromatic rings. The lowest BCUT2D eigenvalue weighted by Gasteiger charge is -2.13. The Labute approximate surface area is 117 Å². The Bertz CT molecular complexity index is 531. The molecule has 0 aromatic heterocycles. The number of aliphatic carboxylic acids is 2. The molecule has 1 aromatic carbocycles. The molecule has 0 saturated heterocycles. The van der Waals surface area contributed by atoms with E-state index in [1.165, 1.54) is 6.07 Å². The van der Waals surface area contributed by atoms with Crippen LogP contribution < -0.4 is 10.6 Å². The van der Waals surface area contributed by atoms with Gasteiger partial charge in [-0.3, -0.25) is 4.79 Å². The lowest BCUT2D eigenvalue weighted by molar-refractivity contribution is -0.145. The maximum absolute atomic E-state index is 13.0. The predicted octanol–water partition coefficient (Wildman–Crippen LogP) is 1.53. The highest BCUT2D eigenvalue weighted by Crippen LogP contribution is 2.17. The molecule has 9 heteroatoms. The predicted molar refractivity (Wildman–Crippen MR) is 67.2 cm³/mol. The highest BCUT2D eigenvalue weighted by molar-refractivity contribution is 6.30. The molecule has 1 atom stereocenters. The SMILES string of the molecule is O=C(O)C[C@@H](NC(=O)Nc1cc(F)cc(Cl)c1)C(=O)O. The zero-order valence-electron chi connectivity index (χ0n) is 9.89. The van der Waals surface area contributed by atoms with Crippen LogP contribution in [-0.2, 0) is 9.59 Å². The molecule has 0 fully saturated rings. The van der Waals surface area contributed by atoms with E-state index in [2.05, 4.69) is 5.32 Å². The average molecular weight is 305 g/mol. The van der Waals surface area contributed by atoms with Crippen molar-refractivity contribution in [2.24, 2.45) is 0 Å². The second-order valence-corrected chi connectivity index (χ2v) is 4.18. The van der Waals surface area contributed by atoms with Crippen LogP contribution in [0.25, 0.3) is 0 Å². The van der Waals surface area contributed by atoms with E-state index in [-0.39, 0.29) is 10.7 Å². The zero-order chi connectivity index (χ0) is 15.3. The summed E-state index contributed by atoms with van der Waals surface area (Å²) in [5.41, 5.74) is 0.00645. The van der Waals surface area contributed by atoms with Gasteiger partial charge in [-0.1, -0.05) is 11.6 Å². The number of halogens is 2. The Balaban J connectivity index is 2.70. The van der Waals surface area contributed by atoms with Gasteiger partial charge in [-0.05, 0) is 18.2 Å². The number of hydrogen-bond acceptors (Lipinski definition) is 3. The molecule has 0 aliphatic rings. The molecule has 0 saturated carbocycles. The quantitative estimate of drug-likeness (QED) is 0.658. The van der Waals surface area contributed by atoms with Crippen LogP contribution in [0.15, 0.2) is 18.2 Å². The number of nitrogens with one attached hydrogen (secondary N) is 2. The summed E-state index contributed by atoms with van der Waals surface area (Å²) in [7, 11) is 0. The summed E-state index contributed by atoms with van der Waals surface area (Å²) >= 11 is 5.58. The van der Waals surface area contributed by atoms with Crippen LogP contribution in [0, 0.1) is 5.82 Å². The van der Waals surface area contributed by atoms with E-state index in [1.807, 2.05) is 5.32 Å². The Morgan fingerprint density at radius 3 is 2.40 bits per heavy atom. The summed E-state index contributed by atoms with van der Waals surface area (Å²) in [6, 6.07) is 0.655. The van der Waals surface area contributed by atoms with Crippen LogP contribution in [0.4, 0.5) is 14.9 Å².